The van der Waals surface area contributed by atoms with Crippen LogP contribution in [-0.2, 0) is 25.5 Å². The topological polar surface area (TPSA) is 129 Å². The van der Waals surface area contributed by atoms with Crippen LogP contribution in [-0.4, -0.2) is 53.9 Å². The molecule has 0 saturated carbocycles. The third-order valence-corrected chi connectivity index (χ3v) is 6.34. The van der Waals surface area contributed by atoms with E-state index < -0.39 is 23.5 Å². The number of rotatable bonds is 12. The van der Waals surface area contributed by atoms with Crippen LogP contribution in [0.25, 0.3) is 11.0 Å². The first kappa shape index (κ1) is 32.0. The average molecular weight is 601 g/mol. The fourth-order valence-electron chi connectivity index (χ4n) is 3.81. The lowest BCUT2D eigenvalue weighted by Gasteiger charge is -2.22. The number of amides is 1. The molecular formula is C30H35Cl2N5O4. The van der Waals surface area contributed by atoms with Gasteiger partial charge in [-0.15, -0.1) is 0 Å². The van der Waals surface area contributed by atoms with E-state index in [2.05, 4.69) is 20.3 Å². The fraction of sp³-hybridized carbons (Fsp3) is 0.367. The highest BCUT2D eigenvalue weighted by molar-refractivity contribution is 6.34. The maximum absolute atomic E-state index is 13.5. The number of nitrogens with two attached hydrogens (primary N) is 1. The number of nitrogens with one attached hydrogen (secondary N) is 1. The molecule has 0 fully saturated rings. The molecule has 9 nitrogen and oxygen atoms in total. The maximum Gasteiger partial charge on any atom is 0.307 e. The number of aromatic nitrogens is 2. The van der Waals surface area contributed by atoms with Crippen LogP contribution in [0.2, 0.25) is 10.0 Å². The Morgan fingerprint density at radius 1 is 1.15 bits per heavy atom. The first-order valence-corrected chi connectivity index (χ1v) is 13.9. The second kappa shape index (κ2) is 14.9. The summed E-state index contributed by atoms with van der Waals surface area (Å²) < 4.78 is 10.6. The van der Waals surface area contributed by atoms with Gasteiger partial charge in [-0.1, -0.05) is 23.2 Å². The van der Waals surface area contributed by atoms with E-state index in [1.807, 2.05) is 45.0 Å². The molecule has 2 heterocycles. The summed E-state index contributed by atoms with van der Waals surface area (Å²) >= 11 is 12.4. The minimum absolute atomic E-state index is 0.0109. The molecule has 0 aliphatic rings. The molecule has 0 aliphatic heterocycles. The normalized spacial score (nSPS) is 13.2. The third-order valence-electron chi connectivity index (χ3n) is 5.90. The monoisotopic (exact) mass is 599 g/mol. The Labute approximate surface area is 250 Å². The van der Waals surface area contributed by atoms with Crippen LogP contribution in [0.1, 0.15) is 50.9 Å². The van der Waals surface area contributed by atoms with Crippen molar-refractivity contribution in [3.63, 3.8) is 0 Å². The minimum Gasteiger partial charge on any atom is -0.469 e. The Morgan fingerprint density at radius 3 is 2.56 bits per heavy atom. The van der Waals surface area contributed by atoms with Crippen LogP contribution in [0.15, 0.2) is 64.9 Å². The summed E-state index contributed by atoms with van der Waals surface area (Å²) in [5, 5.41) is 4.57. The summed E-state index contributed by atoms with van der Waals surface area (Å²) in [5.74, 6) is -1.05. The molecule has 3 N–H and O–H groups in total. The van der Waals surface area contributed by atoms with E-state index in [9.17, 15) is 9.59 Å². The summed E-state index contributed by atoms with van der Waals surface area (Å²) in [5.41, 5.74) is 8.32. The molecule has 11 heteroatoms. The molecule has 0 radical (unpaired) electrons. The smallest absolute Gasteiger partial charge is 0.307 e. The van der Waals surface area contributed by atoms with Gasteiger partial charge in [-0.3, -0.25) is 14.6 Å². The molecule has 3 aromatic rings. The zero-order valence-corrected chi connectivity index (χ0v) is 25.1. The van der Waals surface area contributed by atoms with Crippen LogP contribution in [0.4, 0.5) is 0 Å². The largest absolute Gasteiger partial charge is 0.469 e. The molecule has 3 rings (SSSR count). The molecule has 1 aromatic carbocycles. The molecular weight excluding hydrogens is 565 g/mol. The van der Waals surface area contributed by atoms with Gasteiger partial charge in [-0.05, 0) is 81.6 Å². The van der Waals surface area contributed by atoms with Crippen molar-refractivity contribution in [3.8, 4) is 0 Å². The van der Waals surface area contributed by atoms with E-state index >= 15 is 0 Å². The zero-order chi connectivity index (χ0) is 30.0. The maximum atomic E-state index is 13.5. The summed E-state index contributed by atoms with van der Waals surface area (Å²) in [6.45, 7) is 6.11. The van der Waals surface area contributed by atoms with E-state index in [1.54, 1.807) is 24.4 Å². The quantitative estimate of drug-likeness (QED) is 0.124. The van der Waals surface area contributed by atoms with Gasteiger partial charge in [0.25, 0.3) is 5.91 Å². The number of pyridine rings is 2. The second-order valence-electron chi connectivity index (χ2n) is 10.3. The fourth-order valence-corrected chi connectivity index (χ4v) is 4.36. The molecule has 0 spiro atoms. The number of benzene rings is 1. The van der Waals surface area contributed by atoms with Gasteiger partial charge in [0, 0.05) is 45.8 Å². The van der Waals surface area contributed by atoms with Gasteiger partial charge in [0.2, 0.25) is 0 Å². The molecule has 218 valence electrons. The van der Waals surface area contributed by atoms with E-state index in [0.29, 0.717) is 40.6 Å². The first-order valence-electron chi connectivity index (χ1n) is 13.1. The molecule has 0 bridgehead atoms. The summed E-state index contributed by atoms with van der Waals surface area (Å²) in [6, 6.07) is 11.8. The van der Waals surface area contributed by atoms with Crippen LogP contribution in [0.3, 0.4) is 0 Å². The van der Waals surface area contributed by atoms with Crippen LogP contribution in [0.5, 0.6) is 0 Å². The number of carbonyl (C=O) groups is 2. The van der Waals surface area contributed by atoms with Gasteiger partial charge in [0.1, 0.15) is 0 Å². The number of carbonyl (C=O) groups excluding carboxylic acids is 2. The lowest BCUT2D eigenvalue weighted by molar-refractivity contribution is -0.141. The van der Waals surface area contributed by atoms with Crippen molar-refractivity contribution in [2.75, 3.05) is 20.3 Å². The highest BCUT2D eigenvalue weighted by Gasteiger charge is 2.23. The number of fused-ring (bicyclic) bond motifs is 1. The highest BCUT2D eigenvalue weighted by Crippen LogP contribution is 2.26. The van der Waals surface area contributed by atoms with Crippen LogP contribution in [0, 0.1) is 0 Å². The minimum atomic E-state index is -0.779. The summed E-state index contributed by atoms with van der Waals surface area (Å²) in [6.07, 6.45) is 4.39. The highest BCUT2D eigenvalue weighted by atomic mass is 35.5. The number of esters is 1. The van der Waals surface area contributed by atoms with Crippen LogP contribution >= 0.6 is 23.2 Å². The number of ether oxygens (including phenoxy) is 2. The number of hydrogen-bond acceptors (Lipinski definition) is 8. The summed E-state index contributed by atoms with van der Waals surface area (Å²) in [7, 11) is 1.27. The Bertz CT molecular complexity index is 1420. The van der Waals surface area contributed by atoms with Gasteiger partial charge in [0.05, 0.1) is 37.4 Å². The number of halogens is 2. The van der Waals surface area contributed by atoms with Crippen molar-refractivity contribution in [1.29, 1.82) is 0 Å². The number of hydrogen-bond donors (Lipinski definition) is 2. The van der Waals surface area contributed by atoms with Crippen molar-refractivity contribution in [2.45, 2.75) is 51.7 Å². The Hall–Kier alpha value is -3.53. The van der Waals surface area contributed by atoms with Crippen molar-refractivity contribution in [1.82, 2.24) is 15.3 Å². The van der Waals surface area contributed by atoms with E-state index in [0.717, 1.165) is 11.1 Å². The molecule has 1 amide bonds. The molecule has 41 heavy (non-hydrogen) atoms. The Balaban J connectivity index is 1.77. The van der Waals surface area contributed by atoms with Crippen LogP contribution < -0.4 is 11.1 Å². The van der Waals surface area contributed by atoms with Gasteiger partial charge in [-0.25, -0.2) is 9.97 Å². The van der Waals surface area contributed by atoms with Crippen molar-refractivity contribution in [3.05, 3.63) is 81.2 Å². The third kappa shape index (κ3) is 10.4. The number of nitrogens with zero attached hydrogens (tertiary/aromatic N) is 3. The number of aryl methyl sites for hydroxylation is 1. The Morgan fingerprint density at radius 2 is 1.88 bits per heavy atom. The van der Waals surface area contributed by atoms with Crippen molar-refractivity contribution >= 4 is 52.3 Å². The molecule has 0 aliphatic carbocycles. The lowest BCUT2D eigenvalue weighted by atomic mass is 10.0. The van der Waals surface area contributed by atoms with Gasteiger partial charge < -0.3 is 20.5 Å². The van der Waals surface area contributed by atoms with E-state index in [1.165, 1.54) is 13.3 Å². The average Bonchev–Trinajstić information content (AvgIpc) is 2.92. The zero-order valence-electron chi connectivity index (χ0n) is 23.6. The number of aliphatic imine (C=N–C) groups is 1. The van der Waals surface area contributed by atoms with E-state index in [-0.39, 0.29) is 24.3 Å². The molecule has 1 unspecified atom stereocenters. The van der Waals surface area contributed by atoms with E-state index in [4.69, 9.17) is 38.4 Å². The van der Waals surface area contributed by atoms with Crippen molar-refractivity contribution < 1.29 is 19.1 Å². The van der Waals surface area contributed by atoms with Gasteiger partial charge in [-0.2, -0.15) is 0 Å². The molecule has 0 saturated heterocycles. The van der Waals surface area contributed by atoms with Gasteiger partial charge in [0.15, 0.2) is 5.65 Å². The molecule has 1 atom stereocenters. The SMILES string of the molecule is COC(=O)CC(NC(=O)C(C=NCCCc1ccc2cccnc2n1)=C(N)COC(C)(C)C)c1cc(Cl)cc(Cl)c1. The first-order chi connectivity index (χ1) is 19.4. The predicted molar refractivity (Wildman–Crippen MR) is 162 cm³/mol. The van der Waals surface area contributed by atoms with Gasteiger partial charge >= 0.3 is 5.97 Å². The molecule has 2 aromatic heterocycles. The lowest BCUT2D eigenvalue weighted by Crippen LogP contribution is -2.34. The number of methoxy groups -OCH3 is 1. The standard InChI is InChI=1S/C30H35Cl2N5O4/c1-30(2,3)41-18-25(33)24(17-34-11-6-8-23-10-9-19-7-5-12-35-28(19)36-23)29(39)37-26(16-27(38)40-4)20-13-21(31)15-22(32)14-20/h5,7,9-10,12-15,17,26H,6,8,11,16,18,33H2,1-4H3,(H,37,39). The predicted octanol–water partition coefficient (Wildman–Crippen LogP) is 5.39. The van der Waals surface area contributed by atoms with Crippen molar-refractivity contribution in [2.24, 2.45) is 10.7 Å². The second-order valence-corrected chi connectivity index (χ2v) is 11.2. The summed E-state index contributed by atoms with van der Waals surface area (Å²) in [4.78, 5) is 39.0. The Kier molecular flexibility index (Phi) is 11.6.